The summed E-state index contributed by atoms with van der Waals surface area (Å²) in [6, 6.07) is 16.6. The second-order valence-electron chi connectivity index (χ2n) is 6.40. The molecule has 4 nitrogen and oxygen atoms in total. The van der Waals surface area contributed by atoms with Gasteiger partial charge in [0.15, 0.2) is 6.54 Å². The summed E-state index contributed by atoms with van der Waals surface area (Å²) >= 11 is 0. The quantitative estimate of drug-likeness (QED) is 0.676. The summed E-state index contributed by atoms with van der Waals surface area (Å²) in [5.74, 6) is -0.193. The van der Waals surface area contributed by atoms with E-state index in [-0.39, 0.29) is 11.7 Å². The SMILES string of the molecule is CN(CCCNC(=O)C[NH+](C)Cc1ccc(F)cc1)c1ccccc1. The molecule has 0 heterocycles. The smallest absolute Gasteiger partial charge is 0.275 e. The van der Waals surface area contributed by atoms with E-state index >= 15 is 0 Å². The molecule has 2 N–H and O–H groups in total. The number of para-hydroxylation sites is 1. The predicted octanol–water partition coefficient (Wildman–Crippen LogP) is 1.48. The zero-order valence-corrected chi connectivity index (χ0v) is 15.0. The molecule has 0 bridgehead atoms. The second kappa shape index (κ2) is 9.79. The Morgan fingerprint density at radius 1 is 1.12 bits per heavy atom. The summed E-state index contributed by atoms with van der Waals surface area (Å²) in [6.45, 7) is 2.67. The average Bonchev–Trinajstić information content (AvgIpc) is 2.61. The molecule has 2 rings (SSSR count). The van der Waals surface area contributed by atoms with Crippen LogP contribution in [0.25, 0.3) is 0 Å². The van der Waals surface area contributed by atoms with E-state index in [4.69, 9.17) is 0 Å². The molecular formula is C20H27FN3O+. The van der Waals surface area contributed by atoms with E-state index in [2.05, 4.69) is 29.4 Å². The first-order valence-electron chi connectivity index (χ1n) is 8.63. The number of rotatable bonds is 9. The topological polar surface area (TPSA) is 36.8 Å². The van der Waals surface area contributed by atoms with Crippen molar-refractivity contribution in [3.05, 3.63) is 66.0 Å². The number of likely N-dealkylation sites (N-methyl/N-ethyl adjacent to an activating group) is 1. The number of hydrogen-bond acceptors (Lipinski definition) is 2. The minimum absolute atomic E-state index is 0.0435. The van der Waals surface area contributed by atoms with Gasteiger partial charge in [-0.2, -0.15) is 0 Å². The van der Waals surface area contributed by atoms with Gasteiger partial charge >= 0.3 is 0 Å². The monoisotopic (exact) mass is 344 g/mol. The summed E-state index contributed by atoms with van der Waals surface area (Å²) < 4.78 is 12.9. The number of nitrogens with zero attached hydrogens (tertiary/aromatic N) is 1. The van der Waals surface area contributed by atoms with Crippen LogP contribution in [-0.4, -0.2) is 39.6 Å². The standard InChI is InChI=1S/C20H26FN3O/c1-23(15-17-9-11-18(21)12-10-17)16-20(25)22-13-6-14-24(2)19-7-4-3-5-8-19/h3-5,7-12H,6,13-16H2,1-2H3,(H,22,25)/p+1. The molecule has 0 saturated heterocycles. The Bertz CT molecular complexity index is 646. The Kier molecular flexibility index (Phi) is 7.41. The van der Waals surface area contributed by atoms with Crippen LogP contribution in [0.4, 0.5) is 10.1 Å². The lowest BCUT2D eigenvalue weighted by atomic mass is 10.2. The molecule has 0 aliphatic carbocycles. The summed E-state index contributed by atoms with van der Waals surface area (Å²) in [5.41, 5.74) is 2.20. The Morgan fingerprint density at radius 2 is 1.80 bits per heavy atom. The summed E-state index contributed by atoms with van der Waals surface area (Å²) in [6.07, 6.45) is 0.897. The van der Waals surface area contributed by atoms with Gasteiger partial charge in [0.1, 0.15) is 12.4 Å². The van der Waals surface area contributed by atoms with Crippen molar-refractivity contribution in [2.24, 2.45) is 0 Å². The third kappa shape index (κ3) is 6.93. The second-order valence-corrected chi connectivity index (χ2v) is 6.40. The molecule has 1 atom stereocenters. The molecule has 2 aromatic carbocycles. The highest BCUT2D eigenvalue weighted by Crippen LogP contribution is 2.10. The van der Waals surface area contributed by atoms with Gasteiger partial charge in [0.05, 0.1) is 7.05 Å². The Morgan fingerprint density at radius 3 is 2.48 bits per heavy atom. The molecule has 0 aromatic heterocycles. The Balaban J connectivity index is 1.62. The molecule has 25 heavy (non-hydrogen) atoms. The molecule has 1 amide bonds. The maximum Gasteiger partial charge on any atom is 0.275 e. The molecule has 1 unspecified atom stereocenters. The van der Waals surface area contributed by atoms with Crippen LogP contribution in [0.5, 0.6) is 0 Å². The molecule has 0 fully saturated rings. The van der Waals surface area contributed by atoms with Gasteiger partial charge in [-0.05, 0) is 30.7 Å². The Hall–Kier alpha value is -2.40. The molecule has 5 heteroatoms. The number of anilines is 1. The Labute approximate surface area is 149 Å². The number of benzene rings is 2. The van der Waals surface area contributed by atoms with Crippen molar-refractivity contribution in [1.82, 2.24) is 5.32 Å². The largest absolute Gasteiger partial charge is 0.375 e. The van der Waals surface area contributed by atoms with Crippen molar-refractivity contribution in [3.8, 4) is 0 Å². The van der Waals surface area contributed by atoms with Gasteiger partial charge in [0.2, 0.25) is 0 Å². The first-order chi connectivity index (χ1) is 12.0. The van der Waals surface area contributed by atoms with Gasteiger partial charge in [-0.1, -0.05) is 30.3 Å². The fourth-order valence-electron chi connectivity index (χ4n) is 2.71. The number of nitrogens with one attached hydrogen (secondary N) is 2. The summed E-state index contributed by atoms with van der Waals surface area (Å²) in [7, 11) is 4.02. The summed E-state index contributed by atoms with van der Waals surface area (Å²) in [5, 5.41) is 2.97. The average molecular weight is 344 g/mol. The van der Waals surface area contributed by atoms with Crippen LogP contribution in [0.2, 0.25) is 0 Å². The van der Waals surface area contributed by atoms with Gasteiger partial charge in [-0.3, -0.25) is 4.79 Å². The lowest BCUT2D eigenvalue weighted by Crippen LogP contribution is -3.08. The van der Waals surface area contributed by atoms with Gasteiger partial charge in [-0.15, -0.1) is 0 Å². The normalized spacial score (nSPS) is 11.8. The van der Waals surface area contributed by atoms with Crippen LogP contribution in [0, 0.1) is 5.82 Å². The highest BCUT2D eigenvalue weighted by Gasteiger charge is 2.10. The van der Waals surface area contributed by atoms with E-state index in [1.54, 1.807) is 12.1 Å². The van der Waals surface area contributed by atoms with Crippen LogP contribution in [0.1, 0.15) is 12.0 Å². The maximum absolute atomic E-state index is 12.9. The van der Waals surface area contributed by atoms with Crippen LogP contribution in [-0.2, 0) is 11.3 Å². The number of amides is 1. The third-order valence-electron chi connectivity index (χ3n) is 4.07. The minimum atomic E-state index is -0.236. The first kappa shape index (κ1) is 18.9. The molecule has 0 aliphatic rings. The van der Waals surface area contributed by atoms with Gasteiger partial charge in [0, 0.05) is 31.4 Å². The van der Waals surface area contributed by atoms with E-state index in [9.17, 15) is 9.18 Å². The van der Waals surface area contributed by atoms with Gasteiger partial charge in [0.25, 0.3) is 5.91 Å². The molecule has 0 radical (unpaired) electrons. The fraction of sp³-hybridized carbons (Fsp3) is 0.350. The highest BCUT2D eigenvalue weighted by molar-refractivity contribution is 5.76. The van der Waals surface area contributed by atoms with E-state index in [1.165, 1.54) is 17.8 Å². The van der Waals surface area contributed by atoms with Crippen LogP contribution < -0.4 is 15.1 Å². The van der Waals surface area contributed by atoms with Crippen molar-refractivity contribution >= 4 is 11.6 Å². The first-order valence-corrected chi connectivity index (χ1v) is 8.63. The van der Waals surface area contributed by atoms with Crippen molar-refractivity contribution < 1.29 is 14.1 Å². The van der Waals surface area contributed by atoms with E-state index in [1.807, 2.05) is 25.2 Å². The molecule has 0 saturated carbocycles. The number of hydrogen-bond donors (Lipinski definition) is 2. The summed E-state index contributed by atoms with van der Waals surface area (Å²) in [4.78, 5) is 15.3. The fourth-order valence-corrected chi connectivity index (χ4v) is 2.71. The van der Waals surface area contributed by atoms with Crippen LogP contribution in [0.3, 0.4) is 0 Å². The molecule has 134 valence electrons. The van der Waals surface area contributed by atoms with Crippen LogP contribution in [0.15, 0.2) is 54.6 Å². The minimum Gasteiger partial charge on any atom is -0.375 e. The van der Waals surface area contributed by atoms with Crippen molar-refractivity contribution in [1.29, 1.82) is 0 Å². The van der Waals surface area contributed by atoms with E-state index in [0.717, 1.165) is 23.4 Å². The lowest BCUT2D eigenvalue weighted by molar-refractivity contribution is -0.885. The zero-order chi connectivity index (χ0) is 18.1. The van der Waals surface area contributed by atoms with Crippen molar-refractivity contribution in [3.63, 3.8) is 0 Å². The number of halogens is 1. The maximum atomic E-state index is 12.9. The highest BCUT2D eigenvalue weighted by atomic mass is 19.1. The van der Waals surface area contributed by atoms with E-state index < -0.39 is 0 Å². The third-order valence-corrected chi connectivity index (χ3v) is 4.07. The number of carbonyl (C=O) groups is 1. The predicted molar refractivity (Wildman–Crippen MR) is 99.2 cm³/mol. The van der Waals surface area contributed by atoms with Crippen molar-refractivity contribution in [2.45, 2.75) is 13.0 Å². The lowest BCUT2D eigenvalue weighted by Gasteiger charge is -2.19. The molecular weight excluding hydrogens is 317 g/mol. The molecule has 0 aliphatic heterocycles. The van der Waals surface area contributed by atoms with Crippen molar-refractivity contribution in [2.75, 3.05) is 38.6 Å². The molecule has 2 aromatic rings. The van der Waals surface area contributed by atoms with Crippen LogP contribution >= 0.6 is 0 Å². The number of carbonyl (C=O) groups excluding carboxylic acids is 1. The van der Waals surface area contributed by atoms with E-state index in [0.29, 0.717) is 19.6 Å². The molecule has 0 spiro atoms. The number of quaternary nitrogens is 1. The zero-order valence-electron chi connectivity index (χ0n) is 15.0. The van der Waals surface area contributed by atoms with Gasteiger partial charge in [-0.25, -0.2) is 4.39 Å². The van der Waals surface area contributed by atoms with Gasteiger partial charge < -0.3 is 15.1 Å².